The summed E-state index contributed by atoms with van der Waals surface area (Å²) >= 11 is 0. The molecular formula is C22H29Cl2N7O5-2. The molecule has 4 rings (SSSR count). The molecule has 3 heterocycles. The lowest BCUT2D eigenvalue weighted by Crippen LogP contribution is -3.00. The maximum absolute atomic E-state index is 12.8. The number of nitrogens with zero attached hydrogens (tertiary/aromatic N) is 5. The normalized spacial score (nSPS) is 21.8. The van der Waals surface area contributed by atoms with Gasteiger partial charge in [-0.3, -0.25) is 9.36 Å². The second kappa shape index (κ2) is 12.5. The standard InChI is InChI=1S/C22H29N7O5.2ClH/c1-28(2)19-17-20(25-10-24-19)29(11-26-17)22-18(31)16(15(9-30)34-22)27-21(32)14(23)8-12-4-6-13(33-3)7-5-12;;/h4-7,10-11,14-16,18,22,30-31H,8-9,23H2,1-3H3,(H,27,32);2*1H/p-2/t14-,15+,16+,18+,22?;;/m0../s1. The van der Waals surface area contributed by atoms with Gasteiger partial charge in [0.15, 0.2) is 23.2 Å². The first-order valence-electron chi connectivity index (χ1n) is 10.8. The average molecular weight is 542 g/mol. The molecule has 12 nitrogen and oxygen atoms in total. The Labute approximate surface area is 220 Å². The number of aliphatic hydroxyl groups excluding tert-OH is 2. The van der Waals surface area contributed by atoms with Crippen LogP contribution >= 0.6 is 0 Å². The summed E-state index contributed by atoms with van der Waals surface area (Å²) in [7, 11) is 5.25. The Hall–Kier alpha value is -2.74. The van der Waals surface area contributed by atoms with Gasteiger partial charge >= 0.3 is 0 Å². The quantitative estimate of drug-likeness (QED) is 0.215. The molecule has 0 aliphatic carbocycles. The number of benzene rings is 1. The summed E-state index contributed by atoms with van der Waals surface area (Å²) in [4.78, 5) is 27.5. The molecule has 1 fully saturated rings. The van der Waals surface area contributed by atoms with Crippen LogP contribution in [0.25, 0.3) is 11.2 Å². The fourth-order valence-electron chi connectivity index (χ4n) is 4.04. The molecule has 1 aliphatic heterocycles. The molecule has 14 heteroatoms. The zero-order chi connectivity index (χ0) is 24.4. The Balaban J connectivity index is 0.00000228. The van der Waals surface area contributed by atoms with Gasteiger partial charge in [-0.25, -0.2) is 15.0 Å². The Morgan fingerprint density at radius 3 is 2.56 bits per heavy atom. The van der Waals surface area contributed by atoms with Crippen molar-refractivity contribution in [1.29, 1.82) is 0 Å². The Bertz CT molecular complexity index is 1150. The van der Waals surface area contributed by atoms with Gasteiger partial charge in [0, 0.05) is 14.1 Å². The molecule has 0 radical (unpaired) electrons. The van der Waals surface area contributed by atoms with E-state index in [2.05, 4.69) is 20.3 Å². The minimum atomic E-state index is -1.18. The number of carbonyl (C=O) groups is 1. The van der Waals surface area contributed by atoms with Crippen molar-refractivity contribution in [2.75, 3.05) is 32.7 Å². The zero-order valence-electron chi connectivity index (χ0n) is 20.0. The number of anilines is 1. The monoisotopic (exact) mass is 541 g/mol. The molecule has 36 heavy (non-hydrogen) atoms. The van der Waals surface area contributed by atoms with E-state index < -0.39 is 43.0 Å². The number of ether oxygens (including phenoxy) is 2. The number of rotatable bonds is 8. The third-order valence-corrected chi connectivity index (χ3v) is 5.85. The van der Waals surface area contributed by atoms with Crippen LogP contribution in [0.5, 0.6) is 5.75 Å². The van der Waals surface area contributed by atoms with Gasteiger partial charge < -0.3 is 60.5 Å². The molecule has 0 spiro atoms. The smallest absolute Gasteiger partial charge is 0.237 e. The number of hydrogen-bond donors (Lipinski definition) is 4. The van der Waals surface area contributed by atoms with Crippen LogP contribution < -0.4 is 45.5 Å². The highest BCUT2D eigenvalue weighted by molar-refractivity contribution is 5.83. The molecule has 198 valence electrons. The van der Waals surface area contributed by atoms with E-state index in [0.717, 1.165) is 5.56 Å². The number of aromatic nitrogens is 4. The number of imidazole rings is 1. The minimum absolute atomic E-state index is 0. The number of nitrogens with two attached hydrogens (primary N) is 1. The number of halogens is 2. The molecule has 1 aliphatic rings. The molecule has 1 unspecified atom stereocenters. The number of hydrogen-bond acceptors (Lipinski definition) is 10. The molecular weight excluding hydrogens is 513 g/mol. The van der Waals surface area contributed by atoms with Gasteiger partial charge in [0.05, 0.1) is 32.1 Å². The van der Waals surface area contributed by atoms with Gasteiger partial charge in [-0.15, -0.1) is 0 Å². The van der Waals surface area contributed by atoms with Crippen molar-refractivity contribution in [2.24, 2.45) is 5.73 Å². The summed E-state index contributed by atoms with van der Waals surface area (Å²) in [5, 5.41) is 23.6. The van der Waals surface area contributed by atoms with Gasteiger partial charge in [-0.1, -0.05) is 12.1 Å². The number of amides is 1. The van der Waals surface area contributed by atoms with E-state index in [-0.39, 0.29) is 24.8 Å². The van der Waals surface area contributed by atoms with Crippen LogP contribution in [0.2, 0.25) is 0 Å². The SMILES string of the molecule is COc1ccc(C[C@H](N)C(=O)N[C@@H]2[C@@H](CO)OC(n3cnc4c(N(C)C)ncnc43)[C@@H]2O)cc1.[Cl-].[Cl-]. The molecule has 2 aromatic heterocycles. The molecule has 5 N–H and O–H groups in total. The third-order valence-electron chi connectivity index (χ3n) is 5.85. The van der Waals surface area contributed by atoms with Crippen molar-refractivity contribution in [3.05, 3.63) is 42.5 Å². The largest absolute Gasteiger partial charge is 1.00 e. The van der Waals surface area contributed by atoms with E-state index >= 15 is 0 Å². The molecule has 1 amide bonds. The van der Waals surface area contributed by atoms with E-state index in [1.807, 2.05) is 26.2 Å². The fraction of sp³-hybridized carbons (Fsp3) is 0.455. The number of methoxy groups -OCH3 is 1. The first kappa shape index (κ1) is 29.5. The first-order chi connectivity index (χ1) is 16.3. The summed E-state index contributed by atoms with van der Waals surface area (Å²) in [5.74, 6) is 0.861. The maximum atomic E-state index is 12.8. The van der Waals surface area contributed by atoms with Crippen molar-refractivity contribution in [3.63, 3.8) is 0 Å². The van der Waals surface area contributed by atoms with Gasteiger partial charge in [0.1, 0.15) is 24.3 Å². The van der Waals surface area contributed by atoms with Crippen molar-refractivity contribution >= 4 is 22.9 Å². The summed E-state index contributed by atoms with van der Waals surface area (Å²) in [6.07, 6.45) is 0.250. The number of nitrogens with one attached hydrogen (secondary N) is 1. The summed E-state index contributed by atoms with van der Waals surface area (Å²) in [6.45, 7) is -0.406. The lowest BCUT2D eigenvalue weighted by Gasteiger charge is -2.23. The van der Waals surface area contributed by atoms with E-state index in [9.17, 15) is 15.0 Å². The molecule has 0 bridgehead atoms. The maximum Gasteiger partial charge on any atom is 0.237 e. The van der Waals surface area contributed by atoms with Crippen LogP contribution in [0.1, 0.15) is 11.8 Å². The average Bonchev–Trinajstić information content (AvgIpc) is 3.40. The summed E-state index contributed by atoms with van der Waals surface area (Å²) < 4.78 is 12.6. The molecule has 5 atom stereocenters. The van der Waals surface area contributed by atoms with Crippen LogP contribution in [0.4, 0.5) is 5.82 Å². The Morgan fingerprint density at radius 1 is 1.25 bits per heavy atom. The van der Waals surface area contributed by atoms with Crippen LogP contribution in [0.15, 0.2) is 36.9 Å². The fourth-order valence-corrected chi connectivity index (χ4v) is 4.04. The number of fused-ring (bicyclic) bond motifs is 1. The topological polar surface area (TPSA) is 161 Å². The van der Waals surface area contributed by atoms with Gasteiger partial charge in [-0.05, 0) is 24.1 Å². The first-order valence-corrected chi connectivity index (χ1v) is 10.8. The number of aliphatic hydroxyl groups is 2. The second-order valence-corrected chi connectivity index (χ2v) is 8.35. The van der Waals surface area contributed by atoms with E-state index in [1.165, 1.54) is 12.7 Å². The number of carbonyl (C=O) groups excluding carboxylic acids is 1. The van der Waals surface area contributed by atoms with Crippen LogP contribution in [0.3, 0.4) is 0 Å². The zero-order valence-corrected chi connectivity index (χ0v) is 21.5. The van der Waals surface area contributed by atoms with Gasteiger partial charge in [0.2, 0.25) is 5.91 Å². The molecule has 1 aromatic carbocycles. The van der Waals surface area contributed by atoms with Crippen LogP contribution in [0, 0.1) is 0 Å². The Kier molecular flexibility index (Phi) is 10.2. The van der Waals surface area contributed by atoms with Crippen molar-refractivity contribution in [1.82, 2.24) is 24.8 Å². The Morgan fingerprint density at radius 2 is 1.94 bits per heavy atom. The van der Waals surface area contributed by atoms with Crippen LogP contribution in [-0.4, -0.2) is 87.7 Å². The lowest BCUT2D eigenvalue weighted by atomic mass is 10.0. The van der Waals surface area contributed by atoms with Gasteiger partial charge in [0.25, 0.3) is 0 Å². The summed E-state index contributed by atoms with van der Waals surface area (Å²) in [6, 6.07) is 5.52. The lowest BCUT2D eigenvalue weighted by molar-refractivity contribution is -0.124. The molecule has 1 saturated heterocycles. The second-order valence-electron chi connectivity index (χ2n) is 8.35. The predicted molar refractivity (Wildman–Crippen MR) is 123 cm³/mol. The third kappa shape index (κ3) is 5.80. The van der Waals surface area contributed by atoms with Crippen molar-refractivity contribution < 1.29 is 49.3 Å². The van der Waals surface area contributed by atoms with Gasteiger partial charge in [-0.2, -0.15) is 0 Å². The van der Waals surface area contributed by atoms with Crippen molar-refractivity contribution in [3.8, 4) is 5.75 Å². The highest BCUT2D eigenvalue weighted by Crippen LogP contribution is 2.32. The van der Waals surface area contributed by atoms with Crippen molar-refractivity contribution in [2.45, 2.75) is 36.9 Å². The molecule has 3 aromatic rings. The minimum Gasteiger partial charge on any atom is -1.00 e. The highest BCUT2D eigenvalue weighted by Gasteiger charge is 2.46. The van der Waals surface area contributed by atoms with E-state index in [0.29, 0.717) is 29.2 Å². The van der Waals surface area contributed by atoms with E-state index in [4.69, 9.17) is 15.2 Å². The molecule has 0 saturated carbocycles. The predicted octanol–water partition coefficient (Wildman–Crippen LogP) is -6.79. The van der Waals surface area contributed by atoms with E-state index in [1.54, 1.807) is 28.7 Å². The summed E-state index contributed by atoms with van der Waals surface area (Å²) in [5.41, 5.74) is 7.98. The highest BCUT2D eigenvalue weighted by atomic mass is 35.5. The van der Waals surface area contributed by atoms with Crippen LogP contribution in [-0.2, 0) is 16.0 Å².